The summed E-state index contributed by atoms with van der Waals surface area (Å²) < 4.78 is 13.6. The van der Waals surface area contributed by atoms with Crippen LogP contribution in [0.5, 0.6) is 0 Å². The molecule has 0 aromatic heterocycles. The number of rotatable bonds is 6. The first-order valence-corrected chi connectivity index (χ1v) is 5.86. The summed E-state index contributed by atoms with van der Waals surface area (Å²) in [5.41, 5.74) is 0.799. The lowest BCUT2D eigenvalue weighted by Gasteiger charge is -2.16. The van der Waals surface area contributed by atoms with Crippen molar-refractivity contribution in [1.29, 1.82) is 0 Å². The summed E-state index contributed by atoms with van der Waals surface area (Å²) in [4.78, 5) is 10.4. The minimum Gasteiger partial charge on any atom is -0.481 e. The molecule has 1 N–H and O–H groups in total. The van der Waals surface area contributed by atoms with Crippen molar-refractivity contribution >= 4 is 5.97 Å². The molecule has 0 spiro atoms. The maximum Gasteiger partial charge on any atom is 0.303 e. The lowest BCUT2D eigenvalue weighted by Crippen LogP contribution is -2.16. The van der Waals surface area contributed by atoms with Crippen LogP contribution in [0.2, 0.25) is 0 Å². The Kier molecular flexibility index (Phi) is 4.67. The van der Waals surface area contributed by atoms with Gasteiger partial charge >= 0.3 is 5.97 Å². The van der Waals surface area contributed by atoms with Crippen LogP contribution in [0, 0.1) is 0 Å². The summed E-state index contributed by atoms with van der Waals surface area (Å²) in [6.07, 6.45) is 1.82. The first-order valence-electron chi connectivity index (χ1n) is 5.86. The molecule has 0 saturated heterocycles. The molecular weight excluding hydrogens is 219 g/mol. The van der Waals surface area contributed by atoms with Gasteiger partial charge < -0.3 is 5.11 Å². The topological polar surface area (TPSA) is 37.3 Å². The van der Waals surface area contributed by atoms with Crippen LogP contribution < -0.4 is 0 Å². The van der Waals surface area contributed by atoms with Gasteiger partial charge in [0.1, 0.15) is 5.67 Å². The number of benzene rings is 1. The van der Waals surface area contributed by atoms with E-state index in [1.165, 1.54) is 0 Å². The maximum atomic E-state index is 13.6. The number of hydrogen-bond donors (Lipinski definition) is 1. The van der Waals surface area contributed by atoms with E-state index in [2.05, 4.69) is 0 Å². The Morgan fingerprint density at radius 1 is 1.29 bits per heavy atom. The molecule has 0 bridgehead atoms. The molecule has 0 unspecified atom stereocenters. The monoisotopic (exact) mass is 238 g/mol. The molecule has 0 heterocycles. The molecule has 0 aliphatic heterocycles. The highest BCUT2D eigenvalue weighted by atomic mass is 19.1. The van der Waals surface area contributed by atoms with Gasteiger partial charge in [0.15, 0.2) is 0 Å². The van der Waals surface area contributed by atoms with Crippen LogP contribution in [0.4, 0.5) is 4.39 Å². The summed E-state index contributed by atoms with van der Waals surface area (Å²) in [5.74, 6) is -0.784. The minimum absolute atomic E-state index is 0.160. The van der Waals surface area contributed by atoms with Crippen LogP contribution in [0.1, 0.15) is 37.8 Å². The summed E-state index contributed by atoms with van der Waals surface area (Å²) >= 11 is 0. The van der Waals surface area contributed by atoms with E-state index < -0.39 is 11.6 Å². The third-order valence-electron chi connectivity index (χ3n) is 2.57. The van der Waals surface area contributed by atoms with E-state index in [9.17, 15) is 9.18 Å². The molecule has 1 aromatic carbocycles. The molecule has 94 valence electrons. The molecular formula is C14H19FO2. The zero-order valence-electron chi connectivity index (χ0n) is 10.4. The van der Waals surface area contributed by atoms with Gasteiger partial charge in [0.05, 0.1) is 0 Å². The number of aliphatic carboxylic acids is 1. The van der Waals surface area contributed by atoms with E-state index in [-0.39, 0.29) is 6.42 Å². The second-order valence-corrected chi connectivity index (χ2v) is 4.91. The maximum absolute atomic E-state index is 13.6. The smallest absolute Gasteiger partial charge is 0.303 e. The fourth-order valence-corrected chi connectivity index (χ4v) is 1.86. The minimum atomic E-state index is -1.23. The predicted octanol–water partition coefficient (Wildman–Crippen LogP) is 3.38. The van der Waals surface area contributed by atoms with E-state index >= 15 is 0 Å². The SMILES string of the molecule is CC(C)(F)Cc1ccccc1CCCC(=O)O. The third-order valence-corrected chi connectivity index (χ3v) is 2.57. The fraction of sp³-hybridized carbons (Fsp3) is 0.500. The number of aryl methyl sites for hydroxylation is 1. The molecule has 0 atom stereocenters. The fourth-order valence-electron chi connectivity index (χ4n) is 1.86. The number of hydrogen-bond acceptors (Lipinski definition) is 1. The van der Waals surface area contributed by atoms with Crippen molar-refractivity contribution in [2.75, 3.05) is 0 Å². The van der Waals surface area contributed by atoms with Crippen molar-refractivity contribution in [3.05, 3.63) is 35.4 Å². The molecule has 1 aromatic rings. The number of alkyl halides is 1. The van der Waals surface area contributed by atoms with Gasteiger partial charge in [-0.1, -0.05) is 24.3 Å². The number of carboxylic acid groups (broad SMARTS) is 1. The number of carboxylic acids is 1. The molecule has 0 aliphatic carbocycles. The number of carbonyl (C=O) groups is 1. The molecule has 0 fully saturated rings. The summed E-state index contributed by atoms with van der Waals surface area (Å²) in [7, 11) is 0. The Balaban J connectivity index is 2.67. The van der Waals surface area contributed by atoms with Gasteiger partial charge in [-0.25, -0.2) is 4.39 Å². The molecule has 0 saturated carbocycles. The molecule has 3 heteroatoms. The lowest BCUT2D eigenvalue weighted by molar-refractivity contribution is -0.137. The predicted molar refractivity (Wildman–Crippen MR) is 65.9 cm³/mol. The third kappa shape index (κ3) is 5.48. The molecule has 0 amide bonds. The van der Waals surface area contributed by atoms with Gasteiger partial charge in [-0.05, 0) is 37.8 Å². The Hall–Kier alpha value is -1.38. The molecule has 2 nitrogen and oxygen atoms in total. The van der Waals surface area contributed by atoms with Crippen LogP contribution in [-0.2, 0) is 17.6 Å². The summed E-state index contributed by atoms with van der Waals surface area (Å²) in [6, 6.07) is 7.66. The average Bonchev–Trinajstić information content (AvgIpc) is 2.17. The van der Waals surface area contributed by atoms with Gasteiger partial charge in [0.2, 0.25) is 0 Å². The van der Waals surface area contributed by atoms with Crippen molar-refractivity contribution in [2.45, 2.75) is 45.2 Å². The van der Waals surface area contributed by atoms with Crippen molar-refractivity contribution in [3.63, 3.8) is 0 Å². The highest BCUT2D eigenvalue weighted by molar-refractivity contribution is 5.66. The van der Waals surface area contributed by atoms with E-state index in [1.54, 1.807) is 13.8 Å². The first-order chi connectivity index (χ1) is 7.88. The van der Waals surface area contributed by atoms with Crippen molar-refractivity contribution in [3.8, 4) is 0 Å². The van der Waals surface area contributed by atoms with Gasteiger partial charge in [-0.2, -0.15) is 0 Å². The van der Waals surface area contributed by atoms with E-state index in [0.717, 1.165) is 11.1 Å². The van der Waals surface area contributed by atoms with Gasteiger partial charge in [-0.3, -0.25) is 4.79 Å². The van der Waals surface area contributed by atoms with E-state index in [1.807, 2.05) is 24.3 Å². The van der Waals surface area contributed by atoms with Crippen LogP contribution in [0.15, 0.2) is 24.3 Å². The molecule has 17 heavy (non-hydrogen) atoms. The largest absolute Gasteiger partial charge is 0.481 e. The highest BCUT2D eigenvalue weighted by Gasteiger charge is 2.17. The van der Waals surface area contributed by atoms with Gasteiger partial charge in [-0.15, -0.1) is 0 Å². The lowest BCUT2D eigenvalue weighted by atomic mass is 9.93. The van der Waals surface area contributed by atoms with E-state index in [0.29, 0.717) is 19.3 Å². The quantitative estimate of drug-likeness (QED) is 0.824. The average molecular weight is 238 g/mol. The second kappa shape index (κ2) is 5.80. The Bertz CT molecular complexity index is 380. The Morgan fingerprint density at radius 2 is 1.88 bits per heavy atom. The van der Waals surface area contributed by atoms with Crippen LogP contribution in [0.3, 0.4) is 0 Å². The van der Waals surface area contributed by atoms with Gasteiger partial charge in [0, 0.05) is 12.8 Å². The van der Waals surface area contributed by atoms with Crippen LogP contribution in [0.25, 0.3) is 0 Å². The highest BCUT2D eigenvalue weighted by Crippen LogP contribution is 2.21. The van der Waals surface area contributed by atoms with Crippen LogP contribution >= 0.6 is 0 Å². The Morgan fingerprint density at radius 3 is 2.41 bits per heavy atom. The zero-order chi connectivity index (χ0) is 12.9. The van der Waals surface area contributed by atoms with Gasteiger partial charge in [0.25, 0.3) is 0 Å². The molecule has 0 aliphatic rings. The number of halogens is 1. The first kappa shape index (κ1) is 13.7. The molecule has 1 rings (SSSR count). The van der Waals surface area contributed by atoms with Crippen molar-refractivity contribution in [1.82, 2.24) is 0 Å². The van der Waals surface area contributed by atoms with Crippen LogP contribution in [-0.4, -0.2) is 16.7 Å². The van der Waals surface area contributed by atoms with E-state index in [4.69, 9.17) is 5.11 Å². The molecule has 0 radical (unpaired) electrons. The normalized spacial score (nSPS) is 11.5. The summed E-state index contributed by atoms with van der Waals surface area (Å²) in [5, 5.41) is 8.59. The second-order valence-electron chi connectivity index (χ2n) is 4.91. The Labute approximate surface area is 101 Å². The standard InChI is InChI=1S/C14H19FO2/c1-14(2,15)10-12-7-4-3-6-11(12)8-5-9-13(16)17/h3-4,6-7H,5,8-10H2,1-2H3,(H,16,17). The van der Waals surface area contributed by atoms with Crippen molar-refractivity contribution in [2.24, 2.45) is 0 Å². The zero-order valence-corrected chi connectivity index (χ0v) is 10.4. The summed E-state index contributed by atoms with van der Waals surface area (Å²) in [6.45, 7) is 3.11. The van der Waals surface area contributed by atoms with Crippen molar-refractivity contribution < 1.29 is 14.3 Å².